The molecule has 25 heavy (non-hydrogen) atoms. The first kappa shape index (κ1) is 17.4. The summed E-state index contributed by atoms with van der Waals surface area (Å²) in [6.45, 7) is 4.30. The maximum Gasteiger partial charge on any atom is 0.115 e. The van der Waals surface area contributed by atoms with Crippen LogP contribution in [0, 0.1) is 17.3 Å². The third-order valence-corrected chi connectivity index (χ3v) is 8.30. The number of aliphatic hydroxyl groups is 1. The predicted octanol–water partition coefficient (Wildman–Crippen LogP) is 5.51. The van der Waals surface area contributed by atoms with E-state index >= 15 is 0 Å². The molecule has 0 aliphatic heterocycles. The molecule has 0 amide bonds. The van der Waals surface area contributed by atoms with E-state index in [1.807, 2.05) is 12.1 Å². The van der Waals surface area contributed by atoms with Crippen LogP contribution < -0.4 is 0 Å². The lowest BCUT2D eigenvalue weighted by molar-refractivity contribution is -0.140. The summed E-state index contributed by atoms with van der Waals surface area (Å²) in [5.41, 5.74) is 1.79. The van der Waals surface area contributed by atoms with Crippen molar-refractivity contribution in [3.05, 3.63) is 40.4 Å². The summed E-state index contributed by atoms with van der Waals surface area (Å²) in [6.07, 6.45) is 9.08. The Morgan fingerprint density at radius 2 is 2.00 bits per heavy atom. The van der Waals surface area contributed by atoms with Crippen LogP contribution in [0.2, 0.25) is 0 Å². The van der Waals surface area contributed by atoms with E-state index < -0.39 is 5.60 Å². The Morgan fingerprint density at radius 3 is 2.72 bits per heavy atom. The number of phenols is 1. The van der Waals surface area contributed by atoms with Gasteiger partial charge in [-0.25, -0.2) is 0 Å². The number of hydrogen-bond acceptors (Lipinski definition) is 2. The quantitative estimate of drug-likeness (QED) is 0.729. The van der Waals surface area contributed by atoms with Crippen molar-refractivity contribution < 1.29 is 10.2 Å². The Morgan fingerprint density at radius 1 is 1.20 bits per heavy atom. The van der Waals surface area contributed by atoms with Crippen molar-refractivity contribution in [1.82, 2.24) is 0 Å². The summed E-state index contributed by atoms with van der Waals surface area (Å²) >= 11 is 6.57. The topological polar surface area (TPSA) is 40.5 Å². The lowest BCUT2D eigenvalue weighted by Crippen LogP contribution is -2.59. The van der Waals surface area contributed by atoms with Gasteiger partial charge in [0.2, 0.25) is 0 Å². The molecule has 136 valence electrons. The summed E-state index contributed by atoms with van der Waals surface area (Å²) in [5, 5.41) is 22.1. The van der Waals surface area contributed by atoms with Crippen molar-refractivity contribution in [3.63, 3.8) is 0 Å². The molecule has 4 rings (SSSR count). The molecule has 5 atom stereocenters. The molecular weight excluding hydrogens is 332 g/mol. The smallest absolute Gasteiger partial charge is 0.115 e. The fraction of sp³-hybridized carbons (Fsp3) is 0.636. The highest BCUT2D eigenvalue weighted by Crippen LogP contribution is 2.65. The van der Waals surface area contributed by atoms with Gasteiger partial charge in [-0.3, -0.25) is 0 Å². The number of aromatic hydroxyl groups is 1. The third kappa shape index (κ3) is 2.26. The molecule has 2 nitrogen and oxygen atoms in total. The molecule has 1 aromatic carbocycles. The largest absolute Gasteiger partial charge is 0.508 e. The zero-order chi connectivity index (χ0) is 17.8. The molecule has 1 aromatic rings. The first-order valence-corrected chi connectivity index (χ1v) is 10.2. The zero-order valence-corrected chi connectivity index (χ0v) is 16.0. The van der Waals surface area contributed by atoms with Gasteiger partial charge < -0.3 is 10.2 Å². The molecule has 3 heteroatoms. The molecule has 3 aliphatic carbocycles. The number of halogens is 1. The van der Waals surface area contributed by atoms with Crippen LogP contribution in [-0.2, 0) is 6.42 Å². The van der Waals surface area contributed by atoms with Crippen molar-refractivity contribution in [1.29, 1.82) is 0 Å². The molecule has 0 saturated heterocycles. The molecule has 1 fully saturated rings. The van der Waals surface area contributed by atoms with E-state index in [0.29, 0.717) is 35.0 Å². The normalized spacial score (nSPS) is 39.8. The second-order valence-corrected chi connectivity index (χ2v) is 8.76. The summed E-state index contributed by atoms with van der Waals surface area (Å²) < 4.78 is 0. The highest BCUT2D eigenvalue weighted by atomic mass is 35.5. The first-order valence-electron chi connectivity index (χ1n) is 9.87. The fourth-order valence-electron chi connectivity index (χ4n) is 6.59. The van der Waals surface area contributed by atoms with Gasteiger partial charge >= 0.3 is 0 Å². The number of fused-ring (bicyclic) bond motifs is 5. The Bertz CT molecular complexity index is 712. The fourth-order valence-corrected chi connectivity index (χ4v) is 7.00. The predicted molar refractivity (Wildman–Crippen MR) is 102 cm³/mol. The van der Waals surface area contributed by atoms with Gasteiger partial charge in [-0.15, -0.1) is 0 Å². The summed E-state index contributed by atoms with van der Waals surface area (Å²) in [7, 11) is 0. The van der Waals surface area contributed by atoms with Gasteiger partial charge in [-0.05, 0) is 86.0 Å². The van der Waals surface area contributed by atoms with Gasteiger partial charge in [0.05, 0.1) is 0 Å². The molecular formula is C22H29ClO2. The summed E-state index contributed by atoms with van der Waals surface area (Å²) in [5.74, 6) is 2.03. The average molecular weight is 361 g/mol. The SMILES string of the molecule is CC[C@]12CC[C@@H]3c4ccc(O)cc4CC[C@H]3[C@@H]1CC=C(Cl)[C@@]2(O)CC. The van der Waals surface area contributed by atoms with Gasteiger partial charge in [-0.1, -0.05) is 37.6 Å². The molecule has 0 spiro atoms. The zero-order valence-electron chi connectivity index (χ0n) is 15.3. The Labute approximate surface area is 155 Å². The van der Waals surface area contributed by atoms with Crippen LogP contribution >= 0.6 is 11.6 Å². The molecule has 0 unspecified atom stereocenters. The first-order chi connectivity index (χ1) is 12.0. The highest BCUT2D eigenvalue weighted by molar-refractivity contribution is 6.30. The lowest BCUT2D eigenvalue weighted by atomic mass is 9.46. The average Bonchev–Trinajstić information content (AvgIpc) is 2.63. The number of phenolic OH excluding ortho intramolecular Hbond substituents is 1. The second kappa shape index (κ2) is 6.03. The minimum Gasteiger partial charge on any atom is -0.508 e. The van der Waals surface area contributed by atoms with Gasteiger partial charge in [0.25, 0.3) is 0 Å². The van der Waals surface area contributed by atoms with E-state index in [4.69, 9.17) is 11.6 Å². The summed E-state index contributed by atoms with van der Waals surface area (Å²) in [6, 6.07) is 5.92. The minimum absolute atomic E-state index is 0.0941. The van der Waals surface area contributed by atoms with E-state index in [9.17, 15) is 10.2 Å². The van der Waals surface area contributed by atoms with Crippen LogP contribution in [-0.4, -0.2) is 15.8 Å². The molecule has 0 radical (unpaired) electrons. The maximum atomic E-state index is 11.6. The minimum atomic E-state index is -0.869. The number of allylic oxidation sites excluding steroid dienone is 1. The summed E-state index contributed by atoms with van der Waals surface area (Å²) in [4.78, 5) is 0. The van der Waals surface area contributed by atoms with E-state index in [1.54, 1.807) is 0 Å². The van der Waals surface area contributed by atoms with Crippen LogP contribution in [0.25, 0.3) is 0 Å². The molecule has 0 bridgehead atoms. The van der Waals surface area contributed by atoms with Crippen LogP contribution in [0.3, 0.4) is 0 Å². The van der Waals surface area contributed by atoms with E-state index in [2.05, 4.69) is 26.0 Å². The van der Waals surface area contributed by atoms with Gasteiger partial charge in [0.15, 0.2) is 0 Å². The number of benzene rings is 1. The van der Waals surface area contributed by atoms with Crippen LogP contribution in [0.15, 0.2) is 29.3 Å². The van der Waals surface area contributed by atoms with E-state index in [0.717, 1.165) is 38.5 Å². The van der Waals surface area contributed by atoms with Gasteiger partial charge in [0, 0.05) is 10.4 Å². The molecule has 0 aromatic heterocycles. The highest BCUT2D eigenvalue weighted by Gasteiger charge is 2.60. The standard InChI is InChI=1S/C22H29ClO2/c1-3-21-12-11-17-16-8-6-15(24)13-14(16)5-7-18(17)19(21)9-10-20(23)22(21,25)4-2/h6,8,10,13,17-19,24-25H,3-5,7,9,11-12H2,1-2H3/t17-,18-,19+,21+,22+/m1/s1. The Balaban J connectivity index is 1.77. The number of rotatable bonds is 2. The molecule has 0 heterocycles. The van der Waals surface area contributed by atoms with Crippen LogP contribution in [0.4, 0.5) is 0 Å². The number of hydrogen-bond donors (Lipinski definition) is 2. The molecule has 1 saturated carbocycles. The van der Waals surface area contributed by atoms with E-state index in [-0.39, 0.29) is 5.41 Å². The third-order valence-electron chi connectivity index (χ3n) is 7.83. The lowest BCUT2D eigenvalue weighted by Gasteiger charge is -2.61. The van der Waals surface area contributed by atoms with Crippen molar-refractivity contribution >= 4 is 11.6 Å². The van der Waals surface area contributed by atoms with Gasteiger partial charge in [-0.2, -0.15) is 0 Å². The van der Waals surface area contributed by atoms with Crippen LogP contribution in [0.5, 0.6) is 5.75 Å². The van der Waals surface area contributed by atoms with Crippen molar-refractivity contribution in [2.75, 3.05) is 0 Å². The molecule has 3 aliphatic rings. The maximum absolute atomic E-state index is 11.6. The monoisotopic (exact) mass is 360 g/mol. The Hall–Kier alpha value is -0.990. The van der Waals surface area contributed by atoms with Crippen LogP contribution in [0.1, 0.15) is 69.4 Å². The Kier molecular flexibility index (Phi) is 4.20. The number of aryl methyl sites for hydroxylation is 1. The van der Waals surface area contributed by atoms with E-state index in [1.165, 1.54) is 11.1 Å². The second-order valence-electron chi connectivity index (χ2n) is 8.35. The van der Waals surface area contributed by atoms with Crippen molar-refractivity contribution in [2.24, 2.45) is 17.3 Å². The van der Waals surface area contributed by atoms with Crippen molar-refractivity contribution in [2.45, 2.75) is 70.3 Å². The van der Waals surface area contributed by atoms with Gasteiger partial charge in [0.1, 0.15) is 11.4 Å². The molecule has 2 N–H and O–H groups in total. The van der Waals surface area contributed by atoms with Crippen molar-refractivity contribution in [3.8, 4) is 5.75 Å².